The highest BCUT2D eigenvalue weighted by Crippen LogP contribution is 2.17. The van der Waals surface area contributed by atoms with Crippen LogP contribution in [0.25, 0.3) is 5.69 Å². The Kier molecular flexibility index (Phi) is 4.32. The third kappa shape index (κ3) is 3.41. The molecule has 1 saturated heterocycles. The van der Waals surface area contributed by atoms with Crippen LogP contribution in [0, 0.1) is 5.92 Å². The molecule has 2 aromatic heterocycles. The molecule has 0 bridgehead atoms. The van der Waals surface area contributed by atoms with Gasteiger partial charge in [-0.1, -0.05) is 13.3 Å². The predicted molar refractivity (Wildman–Crippen MR) is 82.8 cm³/mol. The van der Waals surface area contributed by atoms with Gasteiger partial charge in [0.25, 0.3) is 0 Å². The van der Waals surface area contributed by atoms with Crippen LogP contribution in [0.1, 0.15) is 26.2 Å². The molecule has 1 unspecified atom stereocenters. The highest BCUT2D eigenvalue weighted by Gasteiger charge is 2.19. The molecule has 1 aliphatic heterocycles. The first-order valence-electron chi connectivity index (χ1n) is 7.59. The van der Waals surface area contributed by atoms with E-state index < -0.39 is 0 Å². The van der Waals surface area contributed by atoms with E-state index in [9.17, 15) is 4.79 Å². The number of anilines is 1. The number of nitrogens with zero attached hydrogens (tertiary/aromatic N) is 5. The molecule has 1 fully saturated rings. The molecular weight excluding hydrogens is 280 g/mol. The van der Waals surface area contributed by atoms with Gasteiger partial charge in [0.2, 0.25) is 0 Å². The minimum absolute atomic E-state index is 0.0743. The number of urea groups is 1. The van der Waals surface area contributed by atoms with E-state index in [2.05, 4.69) is 27.3 Å². The summed E-state index contributed by atoms with van der Waals surface area (Å²) in [7, 11) is 0. The summed E-state index contributed by atoms with van der Waals surface area (Å²) in [6, 6.07) is 3.55. The Hall–Kier alpha value is -2.44. The van der Waals surface area contributed by atoms with Crippen molar-refractivity contribution in [2.75, 3.05) is 18.4 Å². The van der Waals surface area contributed by atoms with E-state index in [4.69, 9.17) is 0 Å². The van der Waals surface area contributed by atoms with Gasteiger partial charge in [0.15, 0.2) is 0 Å². The maximum Gasteiger partial charge on any atom is 0.323 e. The van der Waals surface area contributed by atoms with Crippen molar-refractivity contribution in [2.24, 2.45) is 5.92 Å². The largest absolute Gasteiger partial charge is 0.324 e. The maximum absolute atomic E-state index is 12.3. The molecule has 1 aliphatic rings. The normalized spacial score (nSPS) is 18.8. The zero-order valence-corrected chi connectivity index (χ0v) is 12.6. The van der Waals surface area contributed by atoms with Crippen LogP contribution in [0.5, 0.6) is 0 Å². The van der Waals surface area contributed by atoms with Crippen LogP contribution in [0.4, 0.5) is 10.6 Å². The van der Waals surface area contributed by atoms with Crippen LogP contribution < -0.4 is 5.32 Å². The highest BCUT2D eigenvalue weighted by atomic mass is 16.2. The van der Waals surface area contributed by atoms with Crippen molar-refractivity contribution in [3.8, 4) is 5.69 Å². The van der Waals surface area contributed by atoms with Crippen LogP contribution in [-0.2, 0) is 0 Å². The second-order valence-corrected chi connectivity index (χ2v) is 5.72. The van der Waals surface area contributed by atoms with Gasteiger partial charge in [0.05, 0.1) is 11.9 Å². The first-order valence-corrected chi connectivity index (χ1v) is 7.59. The predicted octanol–water partition coefficient (Wildman–Crippen LogP) is 2.32. The molecule has 3 heterocycles. The minimum atomic E-state index is -0.0743. The quantitative estimate of drug-likeness (QED) is 0.923. The van der Waals surface area contributed by atoms with E-state index in [1.807, 2.05) is 11.0 Å². The van der Waals surface area contributed by atoms with E-state index in [-0.39, 0.29) is 6.03 Å². The Balaban J connectivity index is 1.63. The molecule has 1 atom stereocenters. The number of carbonyl (C=O) groups is 1. The zero-order chi connectivity index (χ0) is 15.4. The third-order valence-corrected chi connectivity index (χ3v) is 3.86. The molecule has 1 N–H and O–H groups in total. The lowest BCUT2D eigenvalue weighted by Crippen LogP contribution is -2.37. The molecule has 0 saturated carbocycles. The topological polar surface area (TPSA) is 75.9 Å². The Morgan fingerprint density at radius 1 is 1.36 bits per heavy atom. The fourth-order valence-corrected chi connectivity index (χ4v) is 2.66. The fourth-order valence-electron chi connectivity index (χ4n) is 2.66. The van der Waals surface area contributed by atoms with Gasteiger partial charge in [-0.2, -0.15) is 5.10 Å². The number of rotatable bonds is 2. The SMILES string of the molecule is CC1CCCCN(C(=O)Nc2ccc(-n3cncn3)cn2)C1. The van der Waals surface area contributed by atoms with Crippen molar-refractivity contribution in [1.29, 1.82) is 0 Å². The minimum Gasteiger partial charge on any atom is -0.324 e. The Labute approximate surface area is 129 Å². The van der Waals surface area contributed by atoms with Gasteiger partial charge in [-0.15, -0.1) is 0 Å². The van der Waals surface area contributed by atoms with E-state index >= 15 is 0 Å². The molecular formula is C15H20N6O. The summed E-state index contributed by atoms with van der Waals surface area (Å²) in [5.41, 5.74) is 0.805. The molecule has 7 nitrogen and oxygen atoms in total. The van der Waals surface area contributed by atoms with Gasteiger partial charge in [0.1, 0.15) is 18.5 Å². The number of carbonyl (C=O) groups excluding carboxylic acids is 1. The zero-order valence-electron chi connectivity index (χ0n) is 12.6. The van der Waals surface area contributed by atoms with E-state index in [1.165, 1.54) is 19.2 Å². The van der Waals surface area contributed by atoms with Crippen molar-refractivity contribution in [2.45, 2.75) is 26.2 Å². The van der Waals surface area contributed by atoms with Gasteiger partial charge in [-0.3, -0.25) is 5.32 Å². The Morgan fingerprint density at radius 2 is 2.27 bits per heavy atom. The van der Waals surface area contributed by atoms with Crippen LogP contribution in [0.3, 0.4) is 0 Å². The summed E-state index contributed by atoms with van der Waals surface area (Å²) < 4.78 is 1.62. The Bertz CT molecular complexity index is 609. The summed E-state index contributed by atoms with van der Waals surface area (Å²) in [6.07, 6.45) is 8.18. The lowest BCUT2D eigenvalue weighted by atomic mass is 10.1. The smallest absolute Gasteiger partial charge is 0.323 e. The van der Waals surface area contributed by atoms with Crippen LogP contribution >= 0.6 is 0 Å². The summed E-state index contributed by atoms with van der Waals surface area (Å²) in [4.78, 5) is 22.4. The van der Waals surface area contributed by atoms with E-state index in [1.54, 1.807) is 23.3 Å². The summed E-state index contributed by atoms with van der Waals surface area (Å²) in [5, 5.41) is 6.90. The first kappa shape index (κ1) is 14.5. The number of amides is 2. The number of pyridine rings is 1. The Morgan fingerprint density at radius 3 is 3.00 bits per heavy atom. The highest BCUT2D eigenvalue weighted by molar-refractivity contribution is 5.88. The second-order valence-electron chi connectivity index (χ2n) is 5.72. The average molecular weight is 300 g/mol. The van der Waals surface area contributed by atoms with Gasteiger partial charge in [0, 0.05) is 13.1 Å². The number of hydrogen-bond donors (Lipinski definition) is 1. The van der Waals surface area contributed by atoms with E-state index in [0.29, 0.717) is 11.7 Å². The molecule has 2 aromatic rings. The molecule has 0 radical (unpaired) electrons. The molecule has 2 amide bonds. The van der Waals surface area contributed by atoms with Crippen LogP contribution in [0.15, 0.2) is 31.0 Å². The van der Waals surface area contributed by atoms with Crippen molar-refractivity contribution in [1.82, 2.24) is 24.6 Å². The molecule has 3 rings (SSSR count). The van der Waals surface area contributed by atoms with Crippen molar-refractivity contribution in [3.05, 3.63) is 31.0 Å². The van der Waals surface area contributed by atoms with Gasteiger partial charge < -0.3 is 4.90 Å². The molecule has 116 valence electrons. The van der Waals surface area contributed by atoms with Gasteiger partial charge >= 0.3 is 6.03 Å². The monoisotopic (exact) mass is 300 g/mol. The van der Waals surface area contributed by atoms with Crippen molar-refractivity contribution >= 4 is 11.8 Å². The van der Waals surface area contributed by atoms with Gasteiger partial charge in [-0.25, -0.2) is 19.4 Å². The van der Waals surface area contributed by atoms with Crippen molar-refractivity contribution in [3.63, 3.8) is 0 Å². The third-order valence-electron chi connectivity index (χ3n) is 3.86. The summed E-state index contributed by atoms with van der Waals surface area (Å²) in [6.45, 7) is 3.81. The number of aromatic nitrogens is 4. The van der Waals surface area contributed by atoms with Gasteiger partial charge in [-0.05, 0) is 30.9 Å². The van der Waals surface area contributed by atoms with E-state index in [0.717, 1.165) is 25.2 Å². The summed E-state index contributed by atoms with van der Waals surface area (Å²) in [5.74, 6) is 1.10. The second kappa shape index (κ2) is 6.55. The molecule has 0 aromatic carbocycles. The lowest BCUT2D eigenvalue weighted by molar-refractivity contribution is 0.207. The summed E-state index contributed by atoms with van der Waals surface area (Å²) >= 11 is 0. The standard InChI is InChI=1S/C15H20N6O/c1-12-4-2-3-7-20(9-12)15(22)19-14-6-5-13(8-17-14)21-11-16-10-18-21/h5-6,8,10-12H,2-4,7,9H2,1H3,(H,17,19,22). The lowest BCUT2D eigenvalue weighted by Gasteiger charge is -2.22. The number of likely N-dealkylation sites (tertiary alicyclic amines) is 1. The molecule has 0 aliphatic carbocycles. The van der Waals surface area contributed by atoms with Crippen LogP contribution in [0.2, 0.25) is 0 Å². The molecule has 22 heavy (non-hydrogen) atoms. The fraction of sp³-hybridized carbons (Fsp3) is 0.467. The number of nitrogens with one attached hydrogen (secondary N) is 1. The average Bonchev–Trinajstić information content (AvgIpc) is 2.97. The molecule has 7 heteroatoms. The first-order chi connectivity index (χ1) is 10.7. The molecule has 0 spiro atoms. The van der Waals surface area contributed by atoms with Crippen LogP contribution in [-0.4, -0.2) is 43.8 Å². The number of hydrogen-bond acceptors (Lipinski definition) is 4. The maximum atomic E-state index is 12.3. The van der Waals surface area contributed by atoms with Crippen molar-refractivity contribution < 1.29 is 4.79 Å².